The number of rotatable bonds is 4. The van der Waals surface area contributed by atoms with E-state index >= 15 is 0 Å². The van der Waals surface area contributed by atoms with Crippen LogP contribution in [0, 0.1) is 6.07 Å². The maximum absolute atomic E-state index is 11.3. The van der Waals surface area contributed by atoms with E-state index in [2.05, 4.69) is 10.8 Å². The largest absolute Gasteiger partial charge is 0.389 e. The van der Waals surface area contributed by atoms with Crippen LogP contribution in [-0.4, -0.2) is 18.5 Å². The quantitative estimate of drug-likeness (QED) is 0.587. The molecule has 0 aromatic heterocycles. The van der Waals surface area contributed by atoms with E-state index in [4.69, 9.17) is 5.73 Å². The maximum atomic E-state index is 11.3. The number of hydrogen-bond donors (Lipinski definition) is 1. The summed E-state index contributed by atoms with van der Waals surface area (Å²) in [4.78, 5) is 22.4. The molecule has 15 heavy (non-hydrogen) atoms. The Bertz CT molecular complexity index is 335. The Morgan fingerprint density at radius 1 is 1.33 bits per heavy atom. The second-order valence-corrected chi connectivity index (χ2v) is 2.94. The standard InChI is InChI=1S/C11H12NO3/c12-8-4-7-10(13)15-11(14)9-5-2-1-3-6-9/h2-3,5-6H,4,7-8,12H2. The molecule has 0 aliphatic rings. The third kappa shape index (κ3) is 3.91. The highest BCUT2D eigenvalue weighted by atomic mass is 16.6. The van der Waals surface area contributed by atoms with Gasteiger partial charge >= 0.3 is 11.9 Å². The minimum Gasteiger partial charge on any atom is -0.389 e. The normalized spacial score (nSPS) is 9.67. The number of ether oxygens (including phenoxy) is 1. The van der Waals surface area contributed by atoms with Gasteiger partial charge in [0.05, 0.1) is 5.56 Å². The molecule has 1 rings (SSSR count). The van der Waals surface area contributed by atoms with Gasteiger partial charge in [-0.2, -0.15) is 0 Å². The van der Waals surface area contributed by atoms with Crippen molar-refractivity contribution in [3.63, 3.8) is 0 Å². The Labute approximate surface area is 88.0 Å². The van der Waals surface area contributed by atoms with Crippen LogP contribution in [0.4, 0.5) is 0 Å². The number of carbonyl (C=O) groups excluding carboxylic acids is 2. The van der Waals surface area contributed by atoms with E-state index in [-0.39, 0.29) is 6.42 Å². The topological polar surface area (TPSA) is 69.4 Å². The molecule has 0 aliphatic heterocycles. The number of benzene rings is 1. The van der Waals surface area contributed by atoms with Gasteiger partial charge in [0.25, 0.3) is 0 Å². The first-order valence-electron chi connectivity index (χ1n) is 4.65. The van der Waals surface area contributed by atoms with Crippen LogP contribution < -0.4 is 5.73 Å². The molecular weight excluding hydrogens is 194 g/mol. The zero-order chi connectivity index (χ0) is 11.1. The second-order valence-electron chi connectivity index (χ2n) is 2.94. The third-order valence-corrected chi connectivity index (χ3v) is 1.75. The van der Waals surface area contributed by atoms with Crippen molar-refractivity contribution in [3.8, 4) is 0 Å². The van der Waals surface area contributed by atoms with Gasteiger partial charge in [-0.25, -0.2) is 4.79 Å². The maximum Gasteiger partial charge on any atom is 0.345 e. The molecule has 2 N–H and O–H groups in total. The smallest absolute Gasteiger partial charge is 0.345 e. The van der Waals surface area contributed by atoms with Crippen LogP contribution in [-0.2, 0) is 9.53 Å². The number of hydrogen-bond acceptors (Lipinski definition) is 4. The monoisotopic (exact) mass is 206 g/mol. The van der Waals surface area contributed by atoms with Crippen molar-refractivity contribution < 1.29 is 14.3 Å². The van der Waals surface area contributed by atoms with Gasteiger partial charge < -0.3 is 10.5 Å². The Morgan fingerprint density at radius 2 is 2.00 bits per heavy atom. The van der Waals surface area contributed by atoms with Crippen molar-refractivity contribution in [3.05, 3.63) is 35.9 Å². The number of carbonyl (C=O) groups is 2. The Balaban J connectivity index is 2.46. The lowest BCUT2D eigenvalue weighted by Gasteiger charge is -2.01. The average Bonchev–Trinajstić information content (AvgIpc) is 2.27. The first-order valence-corrected chi connectivity index (χ1v) is 4.65. The molecule has 0 atom stereocenters. The molecule has 1 radical (unpaired) electrons. The van der Waals surface area contributed by atoms with Gasteiger partial charge in [0.15, 0.2) is 0 Å². The fourth-order valence-corrected chi connectivity index (χ4v) is 0.983. The van der Waals surface area contributed by atoms with E-state index in [0.717, 1.165) is 0 Å². The third-order valence-electron chi connectivity index (χ3n) is 1.75. The van der Waals surface area contributed by atoms with E-state index < -0.39 is 11.9 Å². The number of esters is 2. The lowest BCUT2D eigenvalue weighted by molar-refractivity contribution is -0.138. The molecule has 1 aromatic rings. The molecule has 0 bridgehead atoms. The minimum atomic E-state index is -0.633. The highest BCUT2D eigenvalue weighted by Crippen LogP contribution is 2.02. The van der Waals surface area contributed by atoms with E-state index in [9.17, 15) is 9.59 Å². The zero-order valence-corrected chi connectivity index (χ0v) is 8.23. The predicted molar refractivity (Wildman–Crippen MR) is 54.0 cm³/mol. The van der Waals surface area contributed by atoms with Gasteiger partial charge in [-0.15, -0.1) is 0 Å². The van der Waals surface area contributed by atoms with Crippen LogP contribution in [0.3, 0.4) is 0 Å². The van der Waals surface area contributed by atoms with Crippen molar-refractivity contribution in [2.24, 2.45) is 5.73 Å². The molecule has 0 heterocycles. The molecule has 0 saturated carbocycles. The van der Waals surface area contributed by atoms with Crippen LogP contribution in [0.15, 0.2) is 24.3 Å². The molecule has 0 aliphatic carbocycles. The molecule has 0 fully saturated rings. The van der Waals surface area contributed by atoms with E-state index in [0.29, 0.717) is 18.5 Å². The lowest BCUT2D eigenvalue weighted by Crippen LogP contribution is -2.13. The SMILES string of the molecule is NCCCC(=O)OC(=O)c1cc[c]cc1. The number of nitrogens with two attached hydrogens (primary N) is 1. The molecule has 0 unspecified atom stereocenters. The van der Waals surface area contributed by atoms with Crippen molar-refractivity contribution in [2.45, 2.75) is 12.8 Å². The van der Waals surface area contributed by atoms with Crippen LogP contribution in [0.1, 0.15) is 23.2 Å². The second kappa shape index (κ2) is 5.93. The van der Waals surface area contributed by atoms with Gasteiger partial charge in [-0.05, 0) is 31.2 Å². The zero-order valence-electron chi connectivity index (χ0n) is 8.23. The van der Waals surface area contributed by atoms with Crippen LogP contribution in [0.25, 0.3) is 0 Å². The van der Waals surface area contributed by atoms with Gasteiger partial charge in [-0.3, -0.25) is 4.79 Å². The Kier molecular flexibility index (Phi) is 4.50. The van der Waals surface area contributed by atoms with Gasteiger partial charge in [0.1, 0.15) is 0 Å². The highest BCUT2D eigenvalue weighted by molar-refractivity contribution is 5.96. The first kappa shape index (κ1) is 11.4. The molecule has 0 spiro atoms. The summed E-state index contributed by atoms with van der Waals surface area (Å²) in [7, 11) is 0. The Hall–Kier alpha value is -1.68. The fraction of sp³-hybridized carbons (Fsp3) is 0.273. The van der Waals surface area contributed by atoms with E-state index in [1.54, 1.807) is 24.3 Å². The molecule has 4 nitrogen and oxygen atoms in total. The van der Waals surface area contributed by atoms with Crippen LogP contribution >= 0.6 is 0 Å². The highest BCUT2D eigenvalue weighted by Gasteiger charge is 2.11. The van der Waals surface area contributed by atoms with E-state index in [1.807, 2.05) is 0 Å². The average molecular weight is 206 g/mol. The van der Waals surface area contributed by atoms with Gasteiger partial charge in [0.2, 0.25) is 0 Å². The predicted octanol–water partition coefficient (Wildman–Crippen LogP) is 0.909. The van der Waals surface area contributed by atoms with Crippen molar-refractivity contribution in [1.82, 2.24) is 0 Å². The lowest BCUT2D eigenvalue weighted by atomic mass is 10.2. The summed E-state index contributed by atoms with van der Waals surface area (Å²) < 4.78 is 4.59. The molecule has 1 aromatic carbocycles. The van der Waals surface area contributed by atoms with Gasteiger partial charge in [-0.1, -0.05) is 12.1 Å². The first-order chi connectivity index (χ1) is 7.24. The van der Waals surface area contributed by atoms with Crippen LogP contribution in [0.2, 0.25) is 0 Å². The van der Waals surface area contributed by atoms with Crippen molar-refractivity contribution >= 4 is 11.9 Å². The minimum absolute atomic E-state index is 0.168. The fourth-order valence-electron chi connectivity index (χ4n) is 0.983. The Morgan fingerprint density at radius 3 is 2.60 bits per heavy atom. The summed E-state index contributed by atoms with van der Waals surface area (Å²) >= 11 is 0. The van der Waals surface area contributed by atoms with Crippen molar-refractivity contribution in [1.29, 1.82) is 0 Å². The molecule has 0 saturated heterocycles. The summed E-state index contributed by atoms with van der Waals surface area (Å²) in [6.07, 6.45) is 0.690. The molecule has 79 valence electrons. The summed E-state index contributed by atoms with van der Waals surface area (Å²) in [5.74, 6) is -1.18. The molecule has 0 amide bonds. The molecule has 4 heteroatoms. The van der Waals surface area contributed by atoms with Gasteiger partial charge in [0, 0.05) is 6.42 Å². The van der Waals surface area contributed by atoms with Crippen LogP contribution in [0.5, 0.6) is 0 Å². The summed E-state index contributed by atoms with van der Waals surface area (Å²) in [6, 6.07) is 9.02. The molecular formula is C11H12NO3. The summed E-state index contributed by atoms with van der Waals surface area (Å²) in [5, 5.41) is 0. The van der Waals surface area contributed by atoms with Crippen molar-refractivity contribution in [2.75, 3.05) is 6.54 Å². The van der Waals surface area contributed by atoms with E-state index in [1.165, 1.54) is 0 Å². The summed E-state index contributed by atoms with van der Waals surface area (Å²) in [5.41, 5.74) is 5.56. The summed E-state index contributed by atoms with van der Waals surface area (Å²) in [6.45, 7) is 0.406.